The predicted molar refractivity (Wildman–Crippen MR) is 131 cm³/mol. The summed E-state index contributed by atoms with van der Waals surface area (Å²) in [5.41, 5.74) is 2.75. The topological polar surface area (TPSA) is 132 Å². The number of sulfonamides is 1. The van der Waals surface area contributed by atoms with Gasteiger partial charge in [0, 0.05) is 24.4 Å². The van der Waals surface area contributed by atoms with E-state index in [2.05, 4.69) is 25.0 Å². The zero-order valence-corrected chi connectivity index (χ0v) is 20.3. The summed E-state index contributed by atoms with van der Waals surface area (Å²) in [6.07, 6.45) is 6.01. The van der Waals surface area contributed by atoms with Crippen LogP contribution in [0.3, 0.4) is 0 Å². The maximum atomic E-state index is 12.9. The van der Waals surface area contributed by atoms with Gasteiger partial charge in [-0.1, -0.05) is 12.1 Å². The van der Waals surface area contributed by atoms with Crippen LogP contribution in [0.5, 0.6) is 5.88 Å². The van der Waals surface area contributed by atoms with E-state index < -0.39 is 16.1 Å². The van der Waals surface area contributed by atoms with Crippen LogP contribution < -0.4 is 14.8 Å². The molecule has 2 aromatic heterocycles. The van der Waals surface area contributed by atoms with Gasteiger partial charge < -0.3 is 14.8 Å². The number of nitrogens with zero attached hydrogens (tertiary/aromatic N) is 3. The number of amides is 1. The van der Waals surface area contributed by atoms with E-state index in [1.165, 1.54) is 13.3 Å². The minimum Gasteiger partial charge on any atom is -0.477 e. The van der Waals surface area contributed by atoms with Gasteiger partial charge in [-0.2, -0.15) is 0 Å². The molecule has 1 fully saturated rings. The van der Waals surface area contributed by atoms with Gasteiger partial charge >= 0.3 is 0 Å². The minimum atomic E-state index is -3.41. The van der Waals surface area contributed by atoms with Crippen molar-refractivity contribution in [3.8, 4) is 17.1 Å². The van der Waals surface area contributed by atoms with Gasteiger partial charge in [0.25, 0.3) is 5.91 Å². The van der Waals surface area contributed by atoms with Gasteiger partial charge in [0.1, 0.15) is 0 Å². The molecule has 4 rings (SSSR count). The lowest BCUT2D eigenvalue weighted by Gasteiger charge is -2.18. The average Bonchev–Trinajstić information content (AvgIpc) is 3.71. The maximum Gasteiger partial charge on any atom is 0.251 e. The van der Waals surface area contributed by atoms with Gasteiger partial charge in [-0.25, -0.2) is 13.4 Å². The number of hydrogen-bond acceptors (Lipinski definition) is 8. The number of rotatable bonds is 11. The molecular weight excluding hydrogens is 470 g/mol. The van der Waals surface area contributed by atoms with E-state index in [4.69, 9.17) is 9.47 Å². The molecule has 2 heterocycles. The van der Waals surface area contributed by atoms with Crippen molar-refractivity contribution < 1.29 is 22.7 Å². The van der Waals surface area contributed by atoms with Crippen LogP contribution in [0.25, 0.3) is 11.3 Å². The summed E-state index contributed by atoms with van der Waals surface area (Å²) in [7, 11) is -1.89. The zero-order chi connectivity index (χ0) is 24.8. The van der Waals surface area contributed by atoms with Crippen LogP contribution in [-0.4, -0.2) is 54.9 Å². The van der Waals surface area contributed by atoms with Crippen LogP contribution in [0, 0.1) is 0 Å². The number of anilines is 1. The quantitative estimate of drug-likeness (QED) is 0.413. The Hall–Kier alpha value is -3.57. The van der Waals surface area contributed by atoms with Crippen molar-refractivity contribution in [1.29, 1.82) is 0 Å². The molecule has 1 amide bonds. The van der Waals surface area contributed by atoms with Gasteiger partial charge in [-0.05, 0) is 44.0 Å². The molecule has 0 spiro atoms. The van der Waals surface area contributed by atoms with E-state index in [0.717, 1.165) is 5.56 Å². The molecule has 0 bridgehead atoms. The molecule has 10 nitrogen and oxygen atoms in total. The van der Waals surface area contributed by atoms with Crippen LogP contribution in [0.1, 0.15) is 41.9 Å². The monoisotopic (exact) mass is 497 g/mol. The number of benzene rings is 1. The summed E-state index contributed by atoms with van der Waals surface area (Å²) in [6.45, 7) is 2.52. The van der Waals surface area contributed by atoms with Crippen molar-refractivity contribution in [2.45, 2.75) is 31.1 Å². The molecule has 1 atom stereocenters. The lowest BCUT2D eigenvalue weighted by Crippen LogP contribution is -2.32. The van der Waals surface area contributed by atoms with Crippen molar-refractivity contribution in [3.63, 3.8) is 0 Å². The van der Waals surface area contributed by atoms with Gasteiger partial charge in [0.2, 0.25) is 15.9 Å². The summed E-state index contributed by atoms with van der Waals surface area (Å²) in [5.74, 6) is 0.113. The van der Waals surface area contributed by atoms with Gasteiger partial charge in [0.05, 0.1) is 54.0 Å². The van der Waals surface area contributed by atoms with Crippen LogP contribution in [0.2, 0.25) is 0 Å². The lowest BCUT2D eigenvalue weighted by atomic mass is 10.1. The van der Waals surface area contributed by atoms with Crippen molar-refractivity contribution in [2.24, 2.45) is 0 Å². The smallest absolute Gasteiger partial charge is 0.251 e. The van der Waals surface area contributed by atoms with Crippen molar-refractivity contribution in [2.75, 3.05) is 25.0 Å². The molecule has 3 aromatic rings. The molecule has 1 aliphatic carbocycles. The molecule has 0 radical (unpaired) electrons. The highest BCUT2D eigenvalue weighted by molar-refractivity contribution is 7.93. The first-order valence-electron chi connectivity index (χ1n) is 11.2. The largest absolute Gasteiger partial charge is 0.477 e. The summed E-state index contributed by atoms with van der Waals surface area (Å²) >= 11 is 0. The van der Waals surface area contributed by atoms with E-state index in [1.54, 1.807) is 48.8 Å². The summed E-state index contributed by atoms with van der Waals surface area (Å²) in [4.78, 5) is 25.8. The van der Waals surface area contributed by atoms with Crippen LogP contribution in [0.15, 0.2) is 55.0 Å². The SMILES string of the molecule is CCOc1cncc(-c2ccc(C(=O)N[C@@H](COC)c3cc(NS(=O)(=O)C4CC4)ccn3)cc2)n1. The van der Waals surface area contributed by atoms with E-state index in [9.17, 15) is 13.2 Å². The highest BCUT2D eigenvalue weighted by Gasteiger charge is 2.35. The Kier molecular flexibility index (Phi) is 7.57. The second-order valence-corrected chi connectivity index (χ2v) is 10.0. The average molecular weight is 498 g/mol. The van der Waals surface area contributed by atoms with Gasteiger partial charge in [-0.15, -0.1) is 0 Å². The number of pyridine rings is 1. The number of carbonyl (C=O) groups excluding carboxylic acids is 1. The normalized spacial score (nSPS) is 14.2. The Morgan fingerprint density at radius 2 is 1.94 bits per heavy atom. The Morgan fingerprint density at radius 1 is 1.17 bits per heavy atom. The minimum absolute atomic E-state index is 0.162. The molecule has 1 aromatic carbocycles. The van der Waals surface area contributed by atoms with Crippen LogP contribution in [0.4, 0.5) is 5.69 Å². The first kappa shape index (κ1) is 24.6. The van der Waals surface area contributed by atoms with E-state index in [1.807, 2.05) is 6.92 Å². The third-order valence-electron chi connectivity index (χ3n) is 5.35. The fourth-order valence-corrected chi connectivity index (χ4v) is 4.81. The fraction of sp³-hybridized carbons (Fsp3) is 0.333. The number of ether oxygens (including phenoxy) is 2. The molecule has 2 N–H and O–H groups in total. The molecule has 0 aliphatic heterocycles. The van der Waals surface area contributed by atoms with E-state index >= 15 is 0 Å². The number of hydrogen-bond donors (Lipinski definition) is 2. The van der Waals surface area contributed by atoms with Crippen molar-refractivity contribution in [3.05, 3.63) is 66.2 Å². The molecule has 0 unspecified atom stereocenters. The third-order valence-corrected chi connectivity index (χ3v) is 7.22. The van der Waals surface area contributed by atoms with Crippen molar-refractivity contribution >= 4 is 21.6 Å². The van der Waals surface area contributed by atoms with Gasteiger partial charge in [0.15, 0.2) is 0 Å². The molecule has 11 heteroatoms. The van der Waals surface area contributed by atoms with E-state index in [-0.39, 0.29) is 17.8 Å². The molecule has 1 saturated carbocycles. The Morgan fingerprint density at radius 3 is 2.63 bits per heavy atom. The number of aromatic nitrogens is 3. The number of methoxy groups -OCH3 is 1. The highest BCUT2D eigenvalue weighted by atomic mass is 32.2. The molecule has 1 aliphatic rings. The first-order chi connectivity index (χ1) is 16.9. The lowest BCUT2D eigenvalue weighted by molar-refractivity contribution is 0.0894. The second kappa shape index (κ2) is 10.8. The predicted octanol–water partition coefficient (Wildman–Crippen LogP) is 2.96. The molecule has 35 heavy (non-hydrogen) atoms. The van der Waals surface area contributed by atoms with Crippen LogP contribution in [-0.2, 0) is 14.8 Å². The summed E-state index contributed by atoms with van der Waals surface area (Å²) in [5, 5.41) is 2.57. The first-order valence-corrected chi connectivity index (χ1v) is 12.8. The molecule has 184 valence electrons. The highest BCUT2D eigenvalue weighted by Crippen LogP contribution is 2.30. The Balaban J connectivity index is 1.47. The molecular formula is C24H27N5O5S. The standard InChI is InChI=1S/C24H27N5O5S/c1-3-34-23-14-25-13-21(27-23)16-4-6-17(7-5-16)24(30)28-22(15-33-2)20-12-18(10-11-26-20)29-35(31,32)19-8-9-19/h4-7,10-14,19,22H,3,8-9,15H2,1-2H3,(H,26,29)(H,28,30)/t22-/m0/s1. The maximum absolute atomic E-state index is 12.9. The summed E-state index contributed by atoms with van der Waals surface area (Å²) < 4.78 is 37.8. The fourth-order valence-electron chi connectivity index (χ4n) is 3.43. The third kappa shape index (κ3) is 6.31. The van der Waals surface area contributed by atoms with Crippen LogP contribution >= 0.6 is 0 Å². The van der Waals surface area contributed by atoms with Crippen molar-refractivity contribution in [1.82, 2.24) is 20.3 Å². The Labute approximate surface area is 204 Å². The zero-order valence-electron chi connectivity index (χ0n) is 19.5. The van der Waals surface area contributed by atoms with Gasteiger partial charge in [-0.3, -0.25) is 19.5 Å². The summed E-state index contributed by atoms with van der Waals surface area (Å²) in [6, 6.07) is 9.56. The Bertz CT molecular complexity index is 1280. The number of nitrogens with one attached hydrogen (secondary N) is 2. The van der Waals surface area contributed by atoms with E-state index in [0.29, 0.717) is 48.0 Å². The molecule has 0 saturated heterocycles. The number of carbonyl (C=O) groups is 1. The second-order valence-electron chi connectivity index (χ2n) is 8.05.